The zero-order valence-electron chi connectivity index (χ0n) is 10.7. The number of rotatable bonds is 5. The Morgan fingerprint density at radius 3 is 2.67 bits per heavy atom. The molecule has 1 saturated carbocycles. The van der Waals surface area contributed by atoms with Crippen LogP contribution in [0, 0.1) is 5.92 Å². The van der Waals surface area contributed by atoms with Gasteiger partial charge >= 0.3 is 0 Å². The first-order chi connectivity index (χ1) is 8.93. The molecule has 0 spiro atoms. The van der Waals surface area contributed by atoms with Crippen molar-refractivity contribution in [2.75, 3.05) is 23.8 Å². The fourth-order valence-electron chi connectivity index (χ4n) is 2.56. The molecule has 0 bridgehead atoms. The van der Waals surface area contributed by atoms with Crippen molar-refractivity contribution in [2.45, 2.75) is 24.1 Å². The van der Waals surface area contributed by atoms with Crippen LogP contribution in [0.3, 0.4) is 0 Å². The Hall–Kier alpha value is -0.120. The average Bonchev–Trinajstić information content (AvgIpc) is 3.26. The maximum absolute atomic E-state index is 3.83. The molecule has 1 aromatic carbocycles. The predicted molar refractivity (Wildman–Crippen MR) is 83.5 cm³/mol. The minimum Gasteiger partial charge on any atom is -0.309 e. The molecule has 1 nitrogen and oxygen atoms in total. The van der Waals surface area contributed by atoms with Crippen molar-refractivity contribution in [3.05, 3.63) is 35.9 Å². The predicted octanol–water partition coefficient (Wildman–Crippen LogP) is 3.58. The molecule has 1 aliphatic heterocycles. The number of benzene rings is 1. The Kier molecular flexibility index (Phi) is 4.55. The second-order valence-electron chi connectivity index (χ2n) is 5.20. The van der Waals surface area contributed by atoms with Crippen LogP contribution in [-0.4, -0.2) is 29.1 Å². The summed E-state index contributed by atoms with van der Waals surface area (Å²) in [5, 5.41) is 4.65. The highest BCUT2D eigenvalue weighted by Crippen LogP contribution is 2.41. The fourth-order valence-corrected chi connectivity index (χ4v) is 5.18. The normalized spacial score (nSPS) is 25.9. The van der Waals surface area contributed by atoms with E-state index < -0.39 is 0 Å². The summed E-state index contributed by atoms with van der Waals surface area (Å²) in [6.45, 7) is 1.17. The molecule has 0 radical (unpaired) electrons. The Balaban J connectivity index is 1.57. The number of thioether (sulfide) groups is 2. The lowest BCUT2D eigenvalue weighted by atomic mass is 10.0. The van der Waals surface area contributed by atoms with Crippen LogP contribution in [0.5, 0.6) is 0 Å². The van der Waals surface area contributed by atoms with E-state index in [9.17, 15) is 0 Å². The fraction of sp³-hybridized carbons (Fsp3) is 0.600. The average molecular weight is 279 g/mol. The van der Waals surface area contributed by atoms with Crippen molar-refractivity contribution in [3.63, 3.8) is 0 Å². The maximum atomic E-state index is 3.83. The SMILES string of the molecule is c1ccc(C(NCC2CSCCS2)C2CC2)cc1. The third kappa shape index (κ3) is 3.46. The van der Waals surface area contributed by atoms with Gasteiger partial charge in [0.1, 0.15) is 0 Å². The summed E-state index contributed by atoms with van der Waals surface area (Å²) in [6.07, 6.45) is 2.80. The molecule has 98 valence electrons. The van der Waals surface area contributed by atoms with Gasteiger partial charge in [-0.15, -0.1) is 0 Å². The van der Waals surface area contributed by atoms with Crippen LogP contribution in [-0.2, 0) is 0 Å². The van der Waals surface area contributed by atoms with Crippen molar-refractivity contribution < 1.29 is 0 Å². The highest BCUT2D eigenvalue weighted by atomic mass is 32.2. The van der Waals surface area contributed by atoms with Crippen LogP contribution in [0.4, 0.5) is 0 Å². The monoisotopic (exact) mass is 279 g/mol. The second-order valence-corrected chi connectivity index (χ2v) is 7.76. The second kappa shape index (κ2) is 6.36. The van der Waals surface area contributed by atoms with E-state index in [-0.39, 0.29) is 0 Å². The molecule has 3 rings (SSSR count). The quantitative estimate of drug-likeness (QED) is 0.885. The van der Waals surface area contributed by atoms with Crippen LogP contribution in [0.2, 0.25) is 0 Å². The van der Waals surface area contributed by atoms with Gasteiger partial charge in [-0.2, -0.15) is 23.5 Å². The maximum Gasteiger partial charge on any atom is 0.0349 e. The summed E-state index contributed by atoms with van der Waals surface area (Å²) in [4.78, 5) is 0. The molecule has 2 atom stereocenters. The molecule has 0 aromatic heterocycles. The van der Waals surface area contributed by atoms with E-state index >= 15 is 0 Å². The Morgan fingerprint density at radius 2 is 2.00 bits per heavy atom. The van der Waals surface area contributed by atoms with Gasteiger partial charge in [0, 0.05) is 35.1 Å². The molecule has 1 aromatic rings. The van der Waals surface area contributed by atoms with E-state index in [4.69, 9.17) is 0 Å². The van der Waals surface area contributed by atoms with Crippen LogP contribution in [0.15, 0.2) is 30.3 Å². The van der Waals surface area contributed by atoms with Crippen LogP contribution < -0.4 is 5.32 Å². The first-order valence-electron chi connectivity index (χ1n) is 6.91. The third-order valence-corrected chi connectivity index (χ3v) is 6.55. The highest BCUT2D eigenvalue weighted by molar-refractivity contribution is 8.06. The molecule has 3 heteroatoms. The molecule has 18 heavy (non-hydrogen) atoms. The van der Waals surface area contributed by atoms with E-state index in [2.05, 4.69) is 59.2 Å². The summed E-state index contributed by atoms with van der Waals surface area (Å²) in [5.41, 5.74) is 1.48. The van der Waals surface area contributed by atoms with Gasteiger partial charge in [-0.3, -0.25) is 0 Å². The molecule has 0 amide bonds. The van der Waals surface area contributed by atoms with E-state index in [1.807, 2.05) is 0 Å². The minimum atomic E-state index is 0.596. The highest BCUT2D eigenvalue weighted by Gasteiger charge is 2.32. The molecule has 1 heterocycles. The largest absolute Gasteiger partial charge is 0.309 e. The molecule has 2 fully saturated rings. The number of nitrogens with one attached hydrogen (secondary N) is 1. The number of hydrogen-bond acceptors (Lipinski definition) is 3. The lowest BCUT2D eigenvalue weighted by Gasteiger charge is -2.25. The van der Waals surface area contributed by atoms with Gasteiger partial charge in [-0.25, -0.2) is 0 Å². The van der Waals surface area contributed by atoms with Gasteiger partial charge < -0.3 is 5.32 Å². The minimum absolute atomic E-state index is 0.596. The molecule has 2 unspecified atom stereocenters. The standard InChI is InChI=1S/C15H21NS2/c1-2-4-12(5-3-1)15(13-6-7-13)16-10-14-11-17-8-9-18-14/h1-5,13-16H,6-11H2. The molecular weight excluding hydrogens is 258 g/mol. The summed E-state index contributed by atoms with van der Waals surface area (Å²) in [7, 11) is 0. The van der Waals surface area contributed by atoms with Crippen molar-refractivity contribution in [2.24, 2.45) is 5.92 Å². The van der Waals surface area contributed by atoms with Gasteiger partial charge in [0.05, 0.1) is 0 Å². The van der Waals surface area contributed by atoms with Gasteiger partial charge in [-0.1, -0.05) is 30.3 Å². The molecule has 1 aliphatic carbocycles. The smallest absolute Gasteiger partial charge is 0.0349 e. The summed E-state index contributed by atoms with van der Waals surface area (Å²) in [6, 6.07) is 11.6. The first-order valence-corrected chi connectivity index (χ1v) is 9.11. The van der Waals surface area contributed by atoms with Crippen LogP contribution in [0.25, 0.3) is 0 Å². The Bertz CT molecular complexity index is 358. The first kappa shape index (κ1) is 12.9. The summed E-state index contributed by atoms with van der Waals surface area (Å²) in [5.74, 6) is 4.88. The zero-order valence-corrected chi connectivity index (χ0v) is 12.3. The van der Waals surface area contributed by atoms with Crippen LogP contribution in [0.1, 0.15) is 24.4 Å². The van der Waals surface area contributed by atoms with Crippen molar-refractivity contribution in [3.8, 4) is 0 Å². The lowest BCUT2D eigenvalue weighted by molar-refractivity contribution is 0.485. The van der Waals surface area contributed by atoms with Crippen molar-refractivity contribution >= 4 is 23.5 Å². The third-order valence-electron chi connectivity index (χ3n) is 3.70. The van der Waals surface area contributed by atoms with E-state index in [1.54, 1.807) is 0 Å². The van der Waals surface area contributed by atoms with E-state index in [0.29, 0.717) is 6.04 Å². The summed E-state index contributed by atoms with van der Waals surface area (Å²) >= 11 is 4.26. The Labute approximate surface area is 119 Å². The van der Waals surface area contributed by atoms with Gasteiger partial charge in [0.2, 0.25) is 0 Å². The molecular formula is C15H21NS2. The van der Waals surface area contributed by atoms with Crippen LogP contribution >= 0.6 is 23.5 Å². The number of hydrogen-bond donors (Lipinski definition) is 1. The molecule has 2 aliphatic rings. The zero-order chi connectivity index (χ0) is 12.2. The van der Waals surface area contributed by atoms with E-state index in [1.165, 1.54) is 42.2 Å². The lowest BCUT2D eigenvalue weighted by Crippen LogP contribution is -2.32. The molecule has 1 saturated heterocycles. The Morgan fingerprint density at radius 1 is 1.17 bits per heavy atom. The molecule has 1 N–H and O–H groups in total. The van der Waals surface area contributed by atoms with Gasteiger partial charge in [0.15, 0.2) is 0 Å². The van der Waals surface area contributed by atoms with E-state index in [0.717, 1.165) is 11.2 Å². The van der Waals surface area contributed by atoms with Gasteiger partial charge in [-0.05, 0) is 24.3 Å². The topological polar surface area (TPSA) is 12.0 Å². The van der Waals surface area contributed by atoms with Crippen molar-refractivity contribution in [1.82, 2.24) is 5.32 Å². The van der Waals surface area contributed by atoms with Crippen molar-refractivity contribution in [1.29, 1.82) is 0 Å². The van der Waals surface area contributed by atoms with Gasteiger partial charge in [0.25, 0.3) is 0 Å². The summed E-state index contributed by atoms with van der Waals surface area (Å²) < 4.78 is 0.